The maximum absolute atomic E-state index is 12.6. The van der Waals surface area contributed by atoms with Crippen LogP contribution in [0.25, 0.3) is 0 Å². The summed E-state index contributed by atoms with van der Waals surface area (Å²) in [6.45, 7) is 6.59. The number of hydrogen-bond donors (Lipinski definition) is 1. The second-order valence-electron chi connectivity index (χ2n) is 2.90. The molecule has 0 bridgehead atoms. The molecule has 0 aromatic rings. The van der Waals surface area contributed by atoms with Gasteiger partial charge in [-0.3, -0.25) is 0 Å². The van der Waals surface area contributed by atoms with Crippen molar-refractivity contribution in [2.24, 2.45) is 0 Å². The van der Waals surface area contributed by atoms with Crippen molar-refractivity contribution >= 4 is 0 Å². The minimum Gasteiger partial charge on any atom is -0.314 e. The Morgan fingerprint density at radius 3 is 2.33 bits per heavy atom. The summed E-state index contributed by atoms with van der Waals surface area (Å²) in [7, 11) is 0. The molecule has 0 saturated carbocycles. The van der Waals surface area contributed by atoms with Crippen LogP contribution in [0.2, 0.25) is 0 Å². The second kappa shape index (κ2) is 3.83. The summed E-state index contributed by atoms with van der Waals surface area (Å²) in [6.07, 6.45) is 1.07. The van der Waals surface area contributed by atoms with Gasteiger partial charge in [0.15, 0.2) is 0 Å². The minimum atomic E-state index is -1.06. The van der Waals surface area contributed by atoms with Crippen LogP contribution in [0.4, 0.5) is 4.39 Å². The standard InChI is InChI=1S/C7H16FN/c1-4-5-9-6-7(2,3)8/h9H,4-6H2,1-3H3. The minimum absolute atomic E-state index is 0.459. The summed E-state index contributed by atoms with van der Waals surface area (Å²) in [4.78, 5) is 0. The number of rotatable bonds is 4. The van der Waals surface area contributed by atoms with E-state index in [9.17, 15) is 4.39 Å². The molecule has 0 atom stereocenters. The van der Waals surface area contributed by atoms with Gasteiger partial charge in [0, 0.05) is 6.54 Å². The summed E-state index contributed by atoms with van der Waals surface area (Å²) in [5.74, 6) is 0. The van der Waals surface area contributed by atoms with Gasteiger partial charge in [-0.25, -0.2) is 4.39 Å². The zero-order valence-corrected chi connectivity index (χ0v) is 6.50. The van der Waals surface area contributed by atoms with Crippen LogP contribution < -0.4 is 5.32 Å². The lowest BCUT2D eigenvalue weighted by Crippen LogP contribution is -2.31. The quantitative estimate of drug-likeness (QED) is 0.576. The molecule has 0 aliphatic heterocycles. The summed E-state index contributed by atoms with van der Waals surface area (Å²) in [5, 5.41) is 3.00. The fourth-order valence-corrected chi connectivity index (χ4v) is 0.562. The Balaban J connectivity index is 3.07. The number of hydrogen-bond acceptors (Lipinski definition) is 1. The fourth-order valence-electron chi connectivity index (χ4n) is 0.562. The van der Waals surface area contributed by atoms with Crippen molar-refractivity contribution in [3.63, 3.8) is 0 Å². The van der Waals surface area contributed by atoms with Crippen LogP contribution in [-0.4, -0.2) is 18.8 Å². The van der Waals surface area contributed by atoms with Gasteiger partial charge in [-0.2, -0.15) is 0 Å². The molecule has 9 heavy (non-hydrogen) atoms. The van der Waals surface area contributed by atoms with Gasteiger partial charge in [-0.15, -0.1) is 0 Å². The molecule has 0 saturated heterocycles. The van der Waals surface area contributed by atoms with E-state index in [4.69, 9.17) is 0 Å². The van der Waals surface area contributed by atoms with Crippen molar-refractivity contribution in [1.29, 1.82) is 0 Å². The van der Waals surface area contributed by atoms with Crippen molar-refractivity contribution in [3.05, 3.63) is 0 Å². The molecular formula is C7H16FN. The molecule has 0 radical (unpaired) electrons. The highest BCUT2D eigenvalue weighted by Gasteiger charge is 2.13. The first kappa shape index (κ1) is 8.89. The Morgan fingerprint density at radius 1 is 1.44 bits per heavy atom. The van der Waals surface area contributed by atoms with Crippen LogP contribution in [0.5, 0.6) is 0 Å². The largest absolute Gasteiger partial charge is 0.314 e. The van der Waals surface area contributed by atoms with Crippen molar-refractivity contribution in [2.45, 2.75) is 32.9 Å². The Kier molecular flexibility index (Phi) is 3.78. The first-order valence-electron chi connectivity index (χ1n) is 3.46. The first-order valence-corrected chi connectivity index (χ1v) is 3.46. The van der Waals surface area contributed by atoms with Crippen molar-refractivity contribution in [2.75, 3.05) is 13.1 Å². The summed E-state index contributed by atoms with van der Waals surface area (Å²) in [5.41, 5.74) is -1.06. The van der Waals surface area contributed by atoms with Gasteiger partial charge in [-0.05, 0) is 26.8 Å². The maximum Gasteiger partial charge on any atom is 0.117 e. The number of halogens is 1. The van der Waals surface area contributed by atoms with Gasteiger partial charge in [0.2, 0.25) is 0 Å². The Morgan fingerprint density at radius 2 is 2.00 bits per heavy atom. The topological polar surface area (TPSA) is 12.0 Å². The zero-order valence-electron chi connectivity index (χ0n) is 6.50. The Hall–Kier alpha value is -0.110. The third kappa shape index (κ3) is 7.89. The van der Waals surface area contributed by atoms with Gasteiger partial charge < -0.3 is 5.32 Å². The molecule has 0 amide bonds. The highest BCUT2D eigenvalue weighted by molar-refractivity contribution is 4.68. The van der Waals surface area contributed by atoms with Gasteiger partial charge in [0.25, 0.3) is 0 Å². The molecule has 0 fully saturated rings. The van der Waals surface area contributed by atoms with Crippen molar-refractivity contribution in [1.82, 2.24) is 5.32 Å². The molecule has 0 heterocycles. The van der Waals surface area contributed by atoms with E-state index in [1.54, 1.807) is 13.8 Å². The maximum atomic E-state index is 12.6. The predicted octanol–water partition coefficient (Wildman–Crippen LogP) is 1.73. The number of alkyl halides is 1. The lowest BCUT2D eigenvalue weighted by molar-refractivity contribution is 0.211. The molecule has 0 aliphatic carbocycles. The Labute approximate surface area is 56.6 Å². The van der Waals surface area contributed by atoms with E-state index in [0.29, 0.717) is 6.54 Å². The third-order valence-corrected chi connectivity index (χ3v) is 0.972. The molecule has 0 unspecified atom stereocenters. The van der Waals surface area contributed by atoms with E-state index in [1.165, 1.54) is 0 Å². The zero-order chi connectivity index (χ0) is 7.33. The highest BCUT2D eigenvalue weighted by atomic mass is 19.1. The molecule has 1 nitrogen and oxygen atoms in total. The molecule has 0 aliphatic rings. The summed E-state index contributed by atoms with van der Waals surface area (Å²) in [6, 6.07) is 0. The normalized spacial score (nSPS) is 12.0. The monoisotopic (exact) mass is 133 g/mol. The lowest BCUT2D eigenvalue weighted by Gasteiger charge is -2.13. The molecule has 56 valence electrons. The van der Waals surface area contributed by atoms with Crippen LogP contribution in [0, 0.1) is 0 Å². The molecule has 0 rings (SSSR count). The Bertz CT molecular complexity index is 65.8. The molecule has 0 aromatic carbocycles. The van der Waals surface area contributed by atoms with Crippen LogP contribution in [0.3, 0.4) is 0 Å². The van der Waals surface area contributed by atoms with Crippen molar-refractivity contribution < 1.29 is 4.39 Å². The van der Waals surface area contributed by atoms with E-state index in [2.05, 4.69) is 12.2 Å². The van der Waals surface area contributed by atoms with E-state index < -0.39 is 5.67 Å². The van der Waals surface area contributed by atoms with Crippen LogP contribution >= 0.6 is 0 Å². The van der Waals surface area contributed by atoms with E-state index in [1.807, 2.05) is 0 Å². The first-order chi connectivity index (χ1) is 4.06. The second-order valence-corrected chi connectivity index (χ2v) is 2.90. The SMILES string of the molecule is CCCNCC(C)(C)F. The van der Waals surface area contributed by atoms with E-state index in [0.717, 1.165) is 13.0 Å². The van der Waals surface area contributed by atoms with Gasteiger partial charge in [0.1, 0.15) is 5.67 Å². The van der Waals surface area contributed by atoms with Crippen LogP contribution in [0.1, 0.15) is 27.2 Å². The fraction of sp³-hybridized carbons (Fsp3) is 1.00. The predicted molar refractivity (Wildman–Crippen MR) is 38.3 cm³/mol. The van der Waals surface area contributed by atoms with Gasteiger partial charge in [-0.1, -0.05) is 6.92 Å². The lowest BCUT2D eigenvalue weighted by atomic mass is 10.2. The van der Waals surface area contributed by atoms with Gasteiger partial charge >= 0.3 is 0 Å². The van der Waals surface area contributed by atoms with E-state index >= 15 is 0 Å². The smallest absolute Gasteiger partial charge is 0.117 e. The van der Waals surface area contributed by atoms with Crippen LogP contribution in [-0.2, 0) is 0 Å². The molecule has 1 N–H and O–H groups in total. The average molecular weight is 133 g/mol. The number of nitrogens with one attached hydrogen (secondary N) is 1. The molecule has 0 spiro atoms. The van der Waals surface area contributed by atoms with Crippen LogP contribution in [0.15, 0.2) is 0 Å². The van der Waals surface area contributed by atoms with Gasteiger partial charge in [0.05, 0.1) is 0 Å². The third-order valence-electron chi connectivity index (χ3n) is 0.972. The molecule has 0 aromatic heterocycles. The van der Waals surface area contributed by atoms with E-state index in [-0.39, 0.29) is 0 Å². The molecular weight excluding hydrogens is 117 g/mol. The molecule has 2 heteroatoms. The highest BCUT2D eigenvalue weighted by Crippen LogP contribution is 2.04. The van der Waals surface area contributed by atoms with Crippen molar-refractivity contribution in [3.8, 4) is 0 Å². The average Bonchev–Trinajstić information content (AvgIpc) is 1.63. The summed E-state index contributed by atoms with van der Waals surface area (Å²) < 4.78 is 12.6. The summed E-state index contributed by atoms with van der Waals surface area (Å²) >= 11 is 0.